The summed E-state index contributed by atoms with van der Waals surface area (Å²) in [6.07, 6.45) is 0. The van der Waals surface area contributed by atoms with E-state index in [9.17, 15) is 4.79 Å². The van der Waals surface area contributed by atoms with Crippen LogP contribution in [-0.2, 0) is 11.8 Å². The second-order valence-electron chi connectivity index (χ2n) is 5.76. The average molecular weight is 419 g/mol. The maximum atomic E-state index is 12.4. The Morgan fingerprint density at radius 3 is 2.54 bits per heavy atom. The lowest BCUT2D eigenvalue weighted by atomic mass is 10.2. The third-order valence-electron chi connectivity index (χ3n) is 3.95. The number of benzene rings is 2. The zero-order valence-electron chi connectivity index (χ0n) is 15.6. The minimum atomic E-state index is -0.211. The van der Waals surface area contributed by atoms with Crippen molar-refractivity contribution in [1.29, 1.82) is 0 Å². The molecule has 0 aliphatic carbocycles. The first-order chi connectivity index (χ1) is 13.5. The Balaban J connectivity index is 1.68. The monoisotopic (exact) mass is 418 g/mol. The SMILES string of the molecule is COc1cc(NC(=O)CSc2nnc(-c3ccccc3)n2C)c(OC)cc1Cl. The molecule has 3 aromatic rings. The quantitative estimate of drug-likeness (QED) is 0.586. The molecule has 28 heavy (non-hydrogen) atoms. The van der Waals surface area contributed by atoms with Crippen LogP contribution in [0.25, 0.3) is 11.4 Å². The van der Waals surface area contributed by atoms with Gasteiger partial charge < -0.3 is 19.4 Å². The summed E-state index contributed by atoms with van der Waals surface area (Å²) in [6, 6.07) is 13.0. The molecule has 0 radical (unpaired) electrons. The van der Waals surface area contributed by atoms with Gasteiger partial charge in [0, 0.05) is 24.7 Å². The molecular weight excluding hydrogens is 400 g/mol. The van der Waals surface area contributed by atoms with Gasteiger partial charge in [-0.1, -0.05) is 53.7 Å². The normalized spacial score (nSPS) is 10.6. The number of thioether (sulfide) groups is 1. The molecule has 7 nitrogen and oxygen atoms in total. The standard InChI is InChI=1S/C19H19ClN4O3S/c1-24-18(12-7-5-4-6-8-12)22-23-19(24)28-11-17(25)21-14-10-15(26-2)13(20)9-16(14)27-3/h4-10H,11H2,1-3H3,(H,21,25). The lowest BCUT2D eigenvalue weighted by Crippen LogP contribution is -2.15. The van der Waals surface area contributed by atoms with Crippen LogP contribution in [0.2, 0.25) is 5.02 Å². The molecule has 0 atom stereocenters. The van der Waals surface area contributed by atoms with E-state index in [1.165, 1.54) is 26.0 Å². The molecule has 3 rings (SSSR count). The predicted molar refractivity (Wildman–Crippen MR) is 110 cm³/mol. The van der Waals surface area contributed by atoms with Gasteiger partial charge in [0.2, 0.25) is 5.91 Å². The molecule has 0 aliphatic rings. The van der Waals surface area contributed by atoms with E-state index in [1.54, 1.807) is 12.1 Å². The first kappa shape index (κ1) is 20.0. The largest absolute Gasteiger partial charge is 0.495 e. The molecule has 0 spiro atoms. The fourth-order valence-corrected chi connectivity index (χ4v) is 3.50. The summed E-state index contributed by atoms with van der Waals surface area (Å²) in [5, 5.41) is 12.3. The number of carbonyl (C=O) groups is 1. The number of hydrogen-bond acceptors (Lipinski definition) is 6. The van der Waals surface area contributed by atoms with E-state index < -0.39 is 0 Å². The molecule has 0 saturated heterocycles. The highest BCUT2D eigenvalue weighted by Gasteiger charge is 2.15. The van der Waals surface area contributed by atoms with Crippen LogP contribution in [0.3, 0.4) is 0 Å². The summed E-state index contributed by atoms with van der Waals surface area (Å²) < 4.78 is 12.3. The van der Waals surface area contributed by atoms with Crippen molar-refractivity contribution in [2.24, 2.45) is 7.05 Å². The average Bonchev–Trinajstić information content (AvgIpc) is 3.08. The molecule has 0 unspecified atom stereocenters. The van der Waals surface area contributed by atoms with Gasteiger partial charge in [-0.25, -0.2) is 0 Å². The Hall–Kier alpha value is -2.71. The zero-order chi connectivity index (χ0) is 20.1. The van der Waals surface area contributed by atoms with E-state index in [-0.39, 0.29) is 11.7 Å². The van der Waals surface area contributed by atoms with Gasteiger partial charge in [-0.15, -0.1) is 10.2 Å². The molecule has 1 aromatic heterocycles. The number of rotatable bonds is 7. The van der Waals surface area contributed by atoms with E-state index in [0.29, 0.717) is 27.4 Å². The Kier molecular flexibility index (Phi) is 6.43. The highest BCUT2D eigenvalue weighted by molar-refractivity contribution is 7.99. The highest BCUT2D eigenvalue weighted by Crippen LogP contribution is 2.36. The topological polar surface area (TPSA) is 78.3 Å². The van der Waals surface area contributed by atoms with Gasteiger partial charge in [0.05, 0.1) is 30.7 Å². The molecule has 146 valence electrons. The van der Waals surface area contributed by atoms with Gasteiger partial charge in [-0.3, -0.25) is 4.79 Å². The zero-order valence-corrected chi connectivity index (χ0v) is 17.2. The molecule has 0 bridgehead atoms. The van der Waals surface area contributed by atoms with Crippen molar-refractivity contribution in [1.82, 2.24) is 14.8 Å². The van der Waals surface area contributed by atoms with Gasteiger partial charge in [0.1, 0.15) is 11.5 Å². The van der Waals surface area contributed by atoms with Gasteiger partial charge >= 0.3 is 0 Å². The van der Waals surface area contributed by atoms with Crippen LogP contribution in [0, 0.1) is 0 Å². The molecule has 1 N–H and O–H groups in total. The number of methoxy groups -OCH3 is 2. The van der Waals surface area contributed by atoms with Gasteiger partial charge in [0.25, 0.3) is 0 Å². The van der Waals surface area contributed by atoms with Crippen molar-refractivity contribution in [3.05, 3.63) is 47.5 Å². The van der Waals surface area contributed by atoms with Crippen LogP contribution < -0.4 is 14.8 Å². The predicted octanol–water partition coefficient (Wildman–Crippen LogP) is 3.88. The highest BCUT2D eigenvalue weighted by atomic mass is 35.5. The number of nitrogens with zero attached hydrogens (tertiary/aromatic N) is 3. The lowest BCUT2D eigenvalue weighted by molar-refractivity contribution is -0.113. The molecule has 1 amide bonds. The number of nitrogens with one attached hydrogen (secondary N) is 1. The summed E-state index contributed by atoms with van der Waals surface area (Å²) >= 11 is 7.38. The van der Waals surface area contributed by atoms with Crippen molar-refractivity contribution in [2.75, 3.05) is 25.3 Å². The lowest BCUT2D eigenvalue weighted by Gasteiger charge is -2.13. The van der Waals surface area contributed by atoms with Crippen molar-refractivity contribution in [3.63, 3.8) is 0 Å². The minimum Gasteiger partial charge on any atom is -0.495 e. The van der Waals surface area contributed by atoms with Crippen molar-refractivity contribution in [3.8, 4) is 22.9 Å². The summed E-state index contributed by atoms with van der Waals surface area (Å²) in [6.45, 7) is 0. The van der Waals surface area contributed by atoms with Gasteiger partial charge in [-0.05, 0) is 0 Å². The number of anilines is 1. The molecule has 9 heteroatoms. The summed E-state index contributed by atoms with van der Waals surface area (Å²) in [5.74, 6) is 1.60. The number of hydrogen-bond donors (Lipinski definition) is 1. The van der Waals surface area contributed by atoms with Crippen molar-refractivity contribution < 1.29 is 14.3 Å². The number of amides is 1. The third-order valence-corrected chi connectivity index (χ3v) is 5.26. The van der Waals surface area contributed by atoms with Gasteiger partial charge in [0.15, 0.2) is 11.0 Å². The molecule has 0 aliphatic heterocycles. The second-order valence-corrected chi connectivity index (χ2v) is 7.10. The van der Waals surface area contributed by atoms with Crippen LogP contribution in [-0.4, -0.2) is 40.6 Å². The Labute approximate surface area is 172 Å². The smallest absolute Gasteiger partial charge is 0.234 e. The fourth-order valence-electron chi connectivity index (χ4n) is 2.55. The van der Waals surface area contributed by atoms with Crippen molar-refractivity contribution in [2.45, 2.75) is 5.16 Å². The minimum absolute atomic E-state index is 0.162. The Morgan fingerprint density at radius 2 is 1.86 bits per heavy atom. The molecule has 2 aromatic carbocycles. The number of carbonyl (C=O) groups excluding carboxylic acids is 1. The maximum absolute atomic E-state index is 12.4. The third kappa shape index (κ3) is 4.40. The van der Waals surface area contributed by atoms with Crippen LogP contribution in [0.15, 0.2) is 47.6 Å². The molecule has 0 saturated carbocycles. The summed E-state index contributed by atoms with van der Waals surface area (Å²) in [5.41, 5.74) is 1.45. The van der Waals surface area contributed by atoms with E-state index in [0.717, 1.165) is 11.4 Å². The van der Waals surface area contributed by atoms with E-state index in [4.69, 9.17) is 21.1 Å². The van der Waals surface area contributed by atoms with Crippen LogP contribution in [0.5, 0.6) is 11.5 Å². The Bertz CT molecular complexity index is 979. The van der Waals surface area contributed by atoms with Crippen molar-refractivity contribution >= 4 is 35.0 Å². The number of aromatic nitrogens is 3. The van der Waals surface area contributed by atoms with Gasteiger partial charge in [-0.2, -0.15) is 0 Å². The van der Waals surface area contributed by atoms with Crippen LogP contribution in [0.4, 0.5) is 5.69 Å². The second kappa shape index (κ2) is 8.99. The number of halogens is 1. The molecule has 1 heterocycles. The summed E-state index contributed by atoms with van der Waals surface area (Å²) in [7, 11) is 4.89. The molecular formula is C19H19ClN4O3S. The maximum Gasteiger partial charge on any atom is 0.234 e. The first-order valence-electron chi connectivity index (χ1n) is 8.32. The number of ether oxygens (including phenoxy) is 2. The van der Waals surface area contributed by atoms with Crippen LogP contribution in [0.1, 0.15) is 0 Å². The fraction of sp³-hybridized carbons (Fsp3) is 0.211. The first-order valence-corrected chi connectivity index (χ1v) is 9.68. The van der Waals surface area contributed by atoms with E-state index in [2.05, 4.69) is 15.5 Å². The van der Waals surface area contributed by atoms with E-state index >= 15 is 0 Å². The molecule has 0 fully saturated rings. The Morgan fingerprint density at radius 1 is 1.14 bits per heavy atom. The van der Waals surface area contributed by atoms with Crippen LogP contribution >= 0.6 is 23.4 Å². The van der Waals surface area contributed by atoms with E-state index in [1.807, 2.05) is 41.9 Å². The summed E-state index contributed by atoms with van der Waals surface area (Å²) in [4.78, 5) is 12.4.